The predicted octanol–water partition coefficient (Wildman–Crippen LogP) is 3.36. The summed E-state index contributed by atoms with van der Waals surface area (Å²) in [6, 6.07) is 13.1. The fraction of sp³-hybridized carbons (Fsp3) is 0.381. The summed E-state index contributed by atoms with van der Waals surface area (Å²) in [6.07, 6.45) is 3.50. The van der Waals surface area contributed by atoms with Crippen molar-refractivity contribution >= 4 is 11.6 Å². The van der Waals surface area contributed by atoms with E-state index in [1.165, 1.54) is 0 Å². The van der Waals surface area contributed by atoms with E-state index < -0.39 is 6.29 Å². The fourth-order valence-corrected chi connectivity index (χ4v) is 3.03. The molecule has 6 heteroatoms. The molecule has 4 rings (SSSR count). The van der Waals surface area contributed by atoms with Crippen LogP contribution in [0.25, 0.3) is 0 Å². The Labute approximate surface area is 158 Å². The number of ether oxygens (including phenoxy) is 2. The van der Waals surface area contributed by atoms with Crippen molar-refractivity contribution in [1.82, 2.24) is 0 Å². The topological polar surface area (TPSA) is 88.0 Å². The van der Waals surface area contributed by atoms with Crippen molar-refractivity contribution in [3.05, 3.63) is 53.6 Å². The Morgan fingerprint density at radius 3 is 2.59 bits per heavy atom. The molecule has 0 spiro atoms. The SMILES string of the molecule is O=C1CCc2c(O)ccc(OCc3ccccc3)c2N1.OC1CCCCO1. The molecule has 0 aliphatic carbocycles. The number of phenolic OH excluding ortho intramolecular Hbond substituents is 1. The quantitative estimate of drug-likeness (QED) is 0.770. The highest BCUT2D eigenvalue weighted by Crippen LogP contribution is 2.38. The van der Waals surface area contributed by atoms with Crippen molar-refractivity contribution in [3.63, 3.8) is 0 Å². The number of phenols is 1. The highest BCUT2D eigenvalue weighted by molar-refractivity contribution is 5.96. The molecule has 1 fully saturated rings. The van der Waals surface area contributed by atoms with Crippen LogP contribution in [0, 0.1) is 0 Å². The number of aliphatic hydroxyl groups excluding tert-OH is 1. The fourth-order valence-electron chi connectivity index (χ4n) is 3.03. The van der Waals surface area contributed by atoms with Crippen molar-refractivity contribution in [2.24, 2.45) is 0 Å². The largest absolute Gasteiger partial charge is 0.508 e. The van der Waals surface area contributed by atoms with Crippen LogP contribution in [0.15, 0.2) is 42.5 Å². The maximum absolute atomic E-state index is 11.5. The summed E-state index contributed by atoms with van der Waals surface area (Å²) < 4.78 is 10.6. The molecule has 0 radical (unpaired) electrons. The van der Waals surface area contributed by atoms with E-state index in [2.05, 4.69) is 5.32 Å². The van der Waals surface area contributed by atoms with E-state index in [-0.39, 0.29) is 11.7 Å². The number of hydrogen-bond donors (Lipinski definition) is 3. The lowest BCUT2D eigenvalue weighted by Crippen LogP contribution is -2.19. The Kier molecular flexibility index (Phi) is 6.68. The minimum Gasteiger partial charge on any atom is -0.508 e. The number of aliphatic hydroxyl groups is 1. The van der Waals surface area contributed by atoms with Gasteiger partial charge < -0.3 is 25.0 Å². The van der Waals surface area contributed by atoms with Crippen LogP contribution in [0.4, 0.5) is 5.69 Å². The first-order valence-electron chi connectivity index (χ1n) is 9.24. The maximum atomic E-state index is 11.5. The van der Waals surface area contributed by atoms with Gasteiger partial charge in [-0.15, -0.1) is 0 Å². The molecular weight excluding hydrogens is 346 g/mol. The number of fused-ring (bicyclic) bond motifs is 1. The van der Waals surface area contributed by atoms with Crippen LogP contribution in [-0.2, 0) is 22.6 Å². The zero-order chi connectivity index (χ0) is 19.1. The second-order valence-electron chi connectivity index (χ2n) is 6.58. The third-order valence-electron chi connectivity index (χ3n) is 4.51. The van der Waals surface area contributed by atoms with Gasteiger partial charge in [-0.2, -0.15) is 0 Å². The van der Waals surface area contributed by atoms with Crippen LogP contribution in [0.3, 0.4) is 0 Å². The molecule has 3 N–H and O–H groups in total. The van der Waals surface area contributed by atoms with E-state index in [0.717, 1.165) is 37.0 Å². The van der Waals surface area contributed by atoms with Gasteiger partial charge in [-0.3, -0.25) is 4.79 Å². The third kappa shape index (κ3) is 5.45. The minimum absolute atomic E-state index is 0.0485. The van der Waals surface area contributed by atoms with Gasteiger partial charge in [0.15, 0.2) is 6.29 Å². The lowest BCUT2D eigenvalue weighted by Gasteiger charge is -2.21. The van der Waals surface area contributed by atoms with Crippen molar-refractivity contribution in [2.45, 2.75) is 45.0 Å². The Hall–Kier alpha value is -2.57. The Balaban J connectivity index is 0.000000253. The van der Waals surface area contributed by atoms with Crippen LogP contribution in [0.2, 0.25) is 0 Å². The van der Waals surface area contributed by atoms with Gasteiger partial charge in [-0.05, 0) is 43.4 Å². The summed E-state index contributed by atoms with van der Waals surface area (Å²) >= 11 is 0. The summed E-state index contributed by atoms with van der Waals surface area (Å²) in [5, 5.41) is 21.3. The summed E-state index contributed by atoms with van der Waals surface area (Å²) in [5.41, 5.74) is 2.39. The number of anilines is 1. The number of hydrogen-bond acceptors (Lipinski definition) is 5. The van der Waals surface area contributed by atoms with Gasteiger partial charge in [0.25, 0.3) is 0 Å². The van der Waals surface area contributed by atoms with E-state index >= 15 is 0 Å². The molecule has 1 amide bonds. The highest BCUT2D eigenvalue weighted by Gasteiger charge is 2.21. The standard InChI is InChI=1S/C16H15NO3.C5H10O2/c18-13-7-8-14(16-12(13)6-9-15(19)17-16)20-10-11-4-2-1-3-5-11;6-5-3-1-2-4-7-5/h1-5,7-8,18H,6,9-10H2,(H,17,19);5-6H,1-4H2. The molecular formula is C21H25NO5. The van der Waals surface area contributed by atoms with Gasteiger partial charge in [0.2, 0.25) is 5.91 Å². The summed E-state index contributed by atoms with van der Waals surface area (Å²) in [6.45, 7) is 1.16. The molecule has 2 aliphatic heterocycles. The molecule has 2 aliphatic rings. The number of benzene rings is 2. The molecule has 144 valence electrons. The van der Waals surface area contributed by atoms with Gasteiger partial charge >= 0.3 is 0 Å². The smallest absolute Gasteiger partial charge is 0.224 e. The number of amides is 1. The average molecular weight is 371 g/mol. The highest BCUT2D eigenvalue weighted by atomic mass is 16.6. The molecule has 2 heterocycles. The molecule has 0 bridgehead atoms. The normalized spacial score (nSPS) is 18.6. The van der Waals surface area contributed by atoms with Crippen molar-refractivity contribution in [3.8, 4) is 11.5 Å². The minimum atomic E-state index is -0.464. The van der Waals surface area contributed by atoms with Gasteiger partial charge in [-0.25, -0.2) is 0 Å². The first-order valence-corrected chi connectivity index (χ1v) is 9.24. The number of aromatic hydroxyl groups is 1. The molecule has 1 saturated heterocycles. The van der Waals surface area contributed by atoms with Crippen molar-refractivity contribution in [2.75, 3.05) is 11.9 Å². The summed E-state index contributed by atoms with van der Waals surface area (Å²) in [4.78, 5) is 11.5. The second-order valence-corrected chi connectivity index (χ2v) is 6.58. The Morgan fingerprint density at radius 1 is 1.11 bits per heavy atom. The van der Waals surface area contributed by atoms with E-state index in [9.17, 15) is 9.90 Å². The van der Waals surface area contributed by atoms with E-state index in [1.807, 2.05) is 30.3 Å². The van der Waals surface area contributed by atoms with Crippen molar-refractivity contribution in [1.29, 1.82) is 0 Å². The monoisotopic (exact) mass is 371 g/mol. The molecule has 27 heavy (non-hydrogen) atoms. The van der Waals surface area contributed by atoms with E-state index in [4.69, 9.17) is 14.6 Å². The Morgan fingerprint density at radius 2 is 1.93 bits per heavy atom. The van der Waals surface area contributed by atoms with Crippen LogP contribution in [-0.4, -0.2) is 29.0 Å². The van der Waals surface area contributed by atoms with Crippen LogP contribution in [0.1, 0.15) is 36.8 Å². The number of carbonyl (C=O) groups excluding carboxylic acids is 1. The molecule has 1 unspecified atom stereocenters. The first-order chi connectivity index (χ1) is 13.1. The third-order valence-corrected chi connectivity index (χ3v) is 4.51. The lowest BCUT2D eigenvalue weighted by atomic mass is 10.0. The van der Waals surface area contributed by atoms with Crippen molar-refractivity contribution < 1.29 is 24.5 Å². The molecule has 2 aromatic carbocycles. The zero-order valence-electron chi connectivity index (χ0n) is 15.2. The van der Waals surface area contributed by atoms with Gasteiger partial charge in [-0.1, -0.05) is 30.3 Å². The maximum Gasteiger partial charge on any atom is 0.224 e. The van der Waals surface area contributed by atoms with Crippen LogP contribution >= 0.6 is 0 Å². The predicted molar refractivity (Wildman–Crippen MR) is 102 cm³/mol. The second kappa shape index (κ2) is 9.39. The Bertz CT molecular complexity index is 757. The molecule has 0 aromatic heterocycles. The molecule has 2 aromatic rings. The average Bonchev–Trinajstić information content (AvgIpc) is 2.69. The molecule has 1 atom stereocenters. The lowest BCUT2D eigenvalue weighted by molar-refractivity contribution is -0.123. The van der Waals surface area contributed by atoms with Gasteiger partial charge in [0.1, 0.15) is 18.1 Å². The first kappa shape index (κ1) is 19.2. The van der Waals surface area contributed by atoms with Gasteiger partial charge in [0.05, 0.1) is 5.69 Å². The van der Waals surface area contributed by atoms with E-state index in [0.29, 0.717) is 30.9 Å². The van der Waals surface area contributed by atoms with Crippen LogP contribution < -0.4 is 10.1 Å². The molecule has 6 nitrogen and oxygen atoms in total. The van der Waals surface area contributed by atoms with Gasteiger partial charge in [0, 0.05) is 18.6 Å². The van der Waals surface area contributed by atoms with Crippen LogP contribution in [0.5, 0.6) is 11.5 Å². The molecule has 0 saturated carbocycles. The zero-order valence-corrected chi connectivity index (χ0v) is 15.2. The number of carbonyl (C=O) groups is 1. The number of rotatable bonds is 3. The summed E-state index contributed by atoms with van der Waals surface area (Å²) in [5.74, 6) is 0.745. The number of nitrogens with one attached hydrogen (secondary N) is 1. The van der Waals surface area contributed by atoms with E-state index in [1.54, 1.807) is 12.1 Å². The summed E-state index contributed by atoms with van der Waals surface area (Å²) in [7, 11) is 0.